The highest BCUT2D eigenvalue weighted by molar-refractivity contribution is 7.89. The molecule has 0 unspecified atom stereocenters. The fraction of sp³-hybridized carbons (Fsp3) is 0.514. The summed E-state index contributed by atoms with van der Waals surface area (Å²) in [4.78, 5) is 71.9. The minimum absolute atomic E-state index is 0.0589. The number of fused-ring (bicyclic) bond motifs is 1. The topological polar surface area (TPSA) is 196 Å². The maximum atomic E-state index is 14.4. The second-order valence-corrected chi connectivity index (χ2v) is 16.5. The highest BCUT2D eigenvalue weighted by Crippen LogP contribution is 2.43. The molecular formula is C35H39ClFN5O10S. The Labute approximate surface area is 309 Å². The lowest BCUT2D eigenvalue weighted by Crippen LogP contribution is -2.56. The Morgan fingerprint density at radius 1 is 0.792 bits per heavy atom. The zero-order valence-corrected chi connectivity index (χ0v) is 30.2. The van der Waals surface area contributed by atoms with Gasteiger partial charge in [-0.1, -0.05) is 17.7 Å². The average Bonchev–Trinajstić information content (AvgIpc) is 3.97. The van der Waals surface area contributed by atoms with Gasteiger partial charge in [0.2, 0.25) is 27.7 Å². The first kappa shape index (κ1) is 36.9. The number of phenols is 2. The van der Waals surface area contributed by atoms with Gasteiger partial charge in [-0.2, -0.15) is 4.31 Å². The molecule has 0 saturated carbocycles. The van der Waals surface area contributed by atoms with E-state index in [0.717, 1.165) is 16.4 Å². The highest BCUT2D eigenvalue weighted by Gasteiger charge is 2.49. The van der Waals surface area contributed by atoms with E-state index in [1.807, 2.05) is 0 Å². The SMILES string of the molecule is O=C(O)[C@@H]1CCCN1C(=O)[C@@H]1CCCN1C(=O)[C@@H]1CCCN1C(=O)[C@@H]1CCCN1S(=O)(=O)c1cc(O)c(O)c2c1CN(Cc1ccc(F)c(Cl)c1)C2=O. The van der Waals surface area contributed by atoms with Crippen LogP contribution in [0.1, 0.15) is 72.9 Å². The second kappa shape index (κ2) is 14.1. The number of benzene rings is 2. The molecule has 5 aliphatic heterocycles. The Morgan fingerprint density at radius 2 is 1.32 bits per heavy atom. The number of aromatic hydroxyl groups is 2. The van der Waals surface area contributed by atoms with Crippen molar-refractivity contribution in [2.24, 2.45) is 0 Å². The van der Waals surface area contributed by atoms with Gasteiger partial charge >= 0.3 is 5.97 Å². The van der Waals surface area contributed by atoms with Crippen LogP contribution >= 0.6 is 11.6 Å². The lowest BCUT2D eigenvalue weighted by molar-refractivity contribution is -0.153. The Morgan fingerprint density at radius 3 is 1.91 bits per heavy atom. The van der Waals surface area contributed by atoms with Crippen molar-refractivity contribution in [2.45, 2.75) is 93.5 Å². The molecule has 2 aromatic rings. The Bertz CT molecular complexity index is 2020. The van der Waals surface area contributed by atoms with Crippen LogP contribution in [0.15, 0.2) is 29.2 Å². The van der Waals surface area contributed by atoms with Gasteiger partial charge in [0.25, 0.3) is 5.91 Å². The number of amides is 4. The first-order valence-corrected chi connectivity index (χ1v) is 19.5. The van der Waals surface area contributed by atoms with E-state index in [-0.39, 0.29) is 56.3 Å². The number of likely N-dealkylation sites (tertiary alicyclic amines) is 3. The van der Waals surface area contributed by atoms with E-state index in [9.17, 15) is 52.1 Å². The highest BCUT2D eigenvalue weighted by atomic mass is 35.5. The first-order chi connectivity index (χ1) is 25.2. The first-order valence-electron chi connectivity index (χ1n) is 17.7. The van der Waals surface area contributed by atoms with E-state index >= 15 is 0 Å². The summed E-state index contributed by atoms with van der Waals surface area (Å²) in [6.07, 6.45) is 3.01. The van der Waals surface area contributed by atoms with Crippen LogP contribution in [-0.4, -0.2) is 128 Å². The number of nitrogens with zero attached hydrogens (tertiary/aromatic N) is 5. The average molecular weight is 776 g/mol. The number of carbonyl (C=O) groups is 5. The largest absolute Gasteiger partial charge is 0.504 e. The van der Waals surface area contributed by atoms with Crippen LogP contribution in [0.3, 0.4) is 0 Å². The van der Waals surface area contributed by atoms with Crippen molar-refractivity contribution < 1.29 is 52.1 Å². The minimum Gasteiger partial charge on any atom is -0.504 e. The normalized spacial score (nSPS) is 24.8. The zero-order valence-electron chi connectivity index (χ0n) is 28.6. The lowest BCUT2D eigenvalue weighted by atomic mass is 10.1. The summed E-state index contributed by atoms with van der Waals surface area (Å²) in [7, 11) is -4.58. The molecule has 4 fully saturated rings. The van der Waals surface area contributed by atoms with Crippen molar-refractivity contribution in [1.82, 2.24) is 23.9 Å². The van der Waals surface area contributed by atoms with Crippen molar-refractivity contribution in [3.05, 3.63) is 51.8 Å². The van der Waals surface area contributed by atoms with Gasteiger partial charge in [-0.15, -0.1) is 0 Å². The maximum Gasteiger partial charge on any atom is 0.326 e. The molecule has 4 atom stereocenters. The Balaban J connectivity index is 1.11. The quantitative estimate of drug-likeness (QED) is 0.335. The molecule has 0 aromatic heterocycles. The molecule has 5 heterocycles. The van der Waals surface area contributed by atoms with Crippen LogP contribution in [0, 0.1) is 5.82 Å². The number of carboxylic acid groups (broad SMARTS) is 1. The number of hydrogen-bond donors (Lipinski definition) is 3. The molecule has 0 bridgehead atoms. The molecule has 2 aromatic carbocycles. The number of sulfonamides is 1. The van der Waals surface area contributed by atoms with Gasteiger partial charge in [0.15, 0.2) is 11.5 Å². The van der Waals surface area contributed by atoms with E-state index in [1.54, 1.807) is 0 Å². The van der Waals surface area contributed by atoms with Crippen LogP contribution < -0.4 is 0 Å². The number of carboxylic acids is 1. The van der Waals surface area contributed by atoms with Crippen LogP contribution in [-0.2, 0) is 42.3 Å². The summed E-state index contributed by atoms with van der Waals surface area (Å²) in [5.74, 6) is -5.60. The number of phenolic OH excluding ortho intramolecular Hbond substituents is 2. The van der Waals surface area contributed by atoms with E-state index in [4.69, 9.17) is 11.6 Å². The molecular weight excluding hydrogens is 737 g/mol. The van der Waals surface area contributed by atoms with Gasteiger partial charge in [0, 0.05) is 50.9 Å². The predicted molar refractivity (Wildman–Crippen MR) is 184 cm³/mol. The summed E-state index contributed by atoms with van der Waals surface area (Å²) in [5.41, 5.74) is -0.0307. The molecule has 5 aliphatic rings. The Kier molecular flexibility index (Phi) is 9.78. The van der Waals surface area contributed by atoms with Gasteiger partial charge < -0.3 is 34.9 Å². The number of hydrogen-bond acceptors (Lipinski definition) is 9. The monoisotopic (exact) mass is 775 g/mol. The number of rotatable bonds is 8. The molecule has 0 aliphatic carbocycles. The van der Waals surface area contributed by atoms with Crippen molar-refractivity contribution in [3.63, 3.8) is 0 Å². The van der Waals surface area contributed by atoms with E-state index in [0.29, 0.717) is 50.5 Å². The lowest BCUT2D eigenvalue weighted by Gasteiger charge is -2.35. The molecule has 0 spiro atoms. The molecule has 4 amide bonds. The number of aliphatic carboxylic acids is 1. The fourth-order valence-corrected chi connectivity index (χ4v) is 10.6. The van der Waals surface area contributed by atoms with Gasteiger partial charge in [-0.25, -0.2) is 17.6 Å². The molecule has 0 radical (unpaired) electrons. The molecule has 53 heavy (non-hydrogen) atoms. The molecule has 18 heteroatoms. The maximum absolute atomic E-state index is 14.4. The Hall–Kier alpha value is -4.48. The van der Waals surface area contributed by atoms with Gasteiger partial charge in [0.05, 0.1) is 15.5 Å². The number of carbonyl (C=O) groups excluding carboxylic acids is 4. The van der Waals surface area contributed by atoms with Crippen LogP contribution in [0.4, 0.5) is 4.39 Å². The van der Waals surface area contributed by atoms with Crippen molar-refractivity contribution >= 4 is 51.2 Å². The van der Waals surface area contributed by atoms with Crippen LogP contribution in [0.2, 0.25) is 5.02 Å². The predicted octanol–water partition coefficient (Wildman–Crippen LogP) is 2.26. The molecule has 15 nitrogen and oxygen atoms in total. The van der Waals surface area contributed by atoms with Crippen LogP contribution in [0.5, 0.6) is 11.5 Å². The molecule has 4 saturated heterocycles. The molecule has 7 rings (SSSR count). The zero-order chi connectivity index (χ0) is 37.9. The standard InChI is InChI=1S/C35H39ClFN5O10S/c36-21-15-19(9-10-22(21)37)17-38-18-20-28(16-27(43)30(44)29(20)34(38)48)53(51,52)42-14-4-7-25(42)33(47)40-12-2-5-23(40)31(45)39-11-1-6-24(39)32(46)41-13-3-8-26(41)35(49)50/h9-10,15-16,23-26,43-44H,1-8,11-14,17-18H2,(H,49,50)/t23-,24-,25-,26-/m0/s1. The van der Waals surface area contributed by atoms with Crippen molar-refractivity contribution in [3.8, 4) is 11.5 Å². The third-order valence-corrected chi connectivity index (χ3v) is 13.4. The van der Waals surface area contributed by atoms with E-state index in [1.165, 1.54) is 31.7 Å². The van der Waals surface area contributed by atoms with Crippen molar-refractivity contribution in [2.75, 3.05) is 26.2 Å². The van der Waals surface area contributed by atoms with Crippen LogP contribution in [0.25, 0.3) is 0 Å². The smallest absolute Gasteiger partial charge is 0.326 e. The molecule has 3 N–H and O–H groups in total. The van der Waals surface area contributed by atoms with Crippen molar-refractivity contribution in [1.29, 1.82) is 0 Å². The third-order valence-electron chi connectivity index (χ3n) is 11.1. The summed E-state index contributed by atoms with van der Waals surface area (Å²) < 4.78 is 43.6. The summed E-state index contributed by atoms with van der Waals surface area (Å²) in [5, 5.41) is 30.8. The second-order valence-electron chi connectivity index (χ2n) is 14.2. The number of halogens is 2. The molecule has 284 valence electrons. The van der Waals surface area contributed by atoms with Gasteiger partial charge in [0.1, 0.15) is 30.0 Å². The summed E-state index contributed by atoms with van der Waals surface area (Å²) in [6, 6.07) is 0.769. The third kappa shape index (κ3) is 6.35. The summed E-state index contributed by atoms with van der Waals surface area (Å²) >= 11 is 5.91. The minimum atomic E-state index is -4.58. The summed E-state index contributed by atoms with van der Waals surface area (Å²) in [6.45, 7) is 0.293. The van der Waals surface area contributed by atoms with E-state index in [2.05, 4.69) is 0 Å². The van der Waals surface area contributed by atoms with Gasteiger partial charge in [-0.05, 0) is 69.1 Å². The van der Waals surface area contributed by atoms with Gasteiger partial charge in [-0.3, -0.25) is 19.2 Å². The fourth-order valence-electron chi connectivity index (χ4n) is 8.54. The van der Waals surface area contributed by atoms with E-state index < -0.39 is 91.6 Å².